The Balaban J connectivity index is 2.25. The molecule has 0 aliphatic carbocycles. The normalized spacial score (nSPS) is 10.3. The summed E-state index contributed by atoms with van der Waals surface area (Å²) in [6.45, 7) is 0. The maximum absolute atomic E-state index is 12.9. The van der Waals surface area contributed by atoms with Gasteiger partial charge >= 0.3 is 0 Å². The van der Waals surface area contributed by atoms with Gasteiger partial charge < -0.3 is 4.74 Å². The molecule has 88 valence electrons. The molecule has 0 aliphatic rings. The highest BCUT2D eigenvalue weighted by Gasteiger charge is 2.05. The van der Waals surface area contributed by atoms with E-state index in [1.165, 1.54) is 30.2 Å². The Morgan fingerprint density at radius 1 is 1.29 bits per heavy atom. The molecule has 0 unspecified atom stereocenters. The molecule has 0 N–H and O–H groups in total. The van der Waals surface area contributed by atoms with Gasteiger partial charge in [0.15, 0.2) is 0 Å². The lowest BCUT2D eigenvalue weighted by Gasteiger charge is -2.06. The molecule has 0 aliphatic heterocycles. The van der Waals surface area contributed by atoms with Crippen LogP contribution < -0.4 is 4.74 Å². The van der Waals surface area contributed by atoms with E-state index in [0.29, 0.717) is 16.1 Å². The average Bonchev–Trinajstić information content (AvgIpc) is 2.33. The molecular formula is C11H8BrFN2OS. The van der Waals surface area contributed by atoms with Gasteiger partial charge in [-0.3, -0.25) is 0 Å². The Hall–Kier alpha value is -1.14. The first-order valence-corrected chi connectivity index (χ1v) is 6.70. The van der Waals surface area contributed by atoms with E-state index >= 15 is 0 Å². The molecule has 2 rings (SSSR count). The van der Waals surface area contributed by atoms with Crippen LogP contribution in [0.15, 0.2) is 40.1 Å². The number of hydrogen-bond acceptors (Lipinski definition) is 4. The van der Waals surface area contributed by atoms with Gasteiger partial charge in [-0.15, -0.1) is 11.8 Å². The molecule has 0 saturated carbocycles. The third kappa shape index (κ3) is 3.17. The Kier molecular flexibility index (Phi) is 3.96. The number of halogens is 2. The Bertz CT molecular complexity index is 539. The first-order chi connectivity index (χ1) is 8.19. The first kappa shape index (κ1) is 12.3. The predicted octanol–water partition coefficient (Wildman–Crippen LogP) is 3.89. The standard InChI is InChI=1S/C11H8BrFN2OS/c1-17-11-5-10(14-6-15-11)16-9-3-2-7(13)4-8(9)12/h2-6H,1H3. The fourth-order valence-electron chi connectivity index (χ4n) is 1.16. The first-order valence-electron chi connectivity index (χ1n) is 4.68. The lowest BCUT2D eigenvalue weighted by Crippen LogP contribution is -1.91. The lowest BCUT2D eigenvalue weighted by molar-refractivity contribution is 0.454. The van der Waals surface area contributed by atoms with Crippen LogP contribution in [-0.4, -0.2) is 16.2 Å². The molecule has 0 saturated heterocycles. The SMILES string of the molecule is CSc1cc(Oc2ccc(F)cc2Br)ncn1. The number of nitrogens with zero attached hydrogens (tertiary/aromatic N) is 2. The van der Waals surface area contributed by atoms with E-state index in [2.05, 4.69) is 25.9 Å². The number of rotatable bonds is 3. The van der Waals surface area contributed by atoms with Crippen molar-refractivity contribution in [1.82, 2.24) is 9.97 Å². The second-order valence-electron chi connectivity index (χ2n) is 3.08. The van der Waals surface area contributed by atoms with Crippen LogP contribution in [0.4, 0.5) is 4.39 Å². The molecule has 0 amide bonds. The highest BCUT2D eigenvalue weighted by Crippen LogP contribution is 2.29. The van der Waals surface area contributed by atoms with Crippen molar-refractivity contribution in [3.05, 3.63) is 40.9 Å². The number of aromatic nitrogens is 2. The van der Waals surface area contributed by atoms with Crippen LogP contribution in [0.5, 0.6) is 11.6 Å². The fourth-order valence-corrected chi connectivity index (χ4v) is 1.96. The van der Waals surface area contributed by atoms with Crippen molar-refractivity contribution in [2.24, 2.45) is 0 Å². The third-order valence-electron chi connectivity index (χ3n) is 1.93. The Morgan fingerprint density at radius 2 is 2.12 bits per heavy atom. The molecule has 2 aromatic rings. The van der Waals surface area contributed by atoms with Crippen LogP contribution in [0.25, 0.3) is 0 Å². The van der Waals surface area contributed by atoms with E-state index in [1.54, 1.807) is 12.1 Å². The molecule has 0 atom stereocenters. The molecule has 17 heavy (non-hydrogen) atoms. The fraction of sp³-hybridized carbons (Fsp3) is 0.0909. The minimum atomic E-state index is -0.322. The summed E-state index contributed by atoms with van der Waals surface area (Å²) in [6, 6.07) is 5.93. The van der Waals surface area contributed by atoms with Gasteiger partial charge in [0.05, 0.1) is 4.47 Å². The van der Waals surface area contributed by atoms with E-state index in [9.17, 15) is 4.39 Å². The molecule has 3 nitrogen and oxygen atoms in total. The summed E-state index contributed by atoms with van der Waals surface area (Å²) in [6.07, 6.45) is 3.35. The summed E-state index contributed by atoms with van der Waals surface area (Å²) >= 11 is 4.72. The van der Waals surface area contributed by atoms with Crippen LogP contribution in [-0.2, 0) is 0 Å². The van der Waals surface area contributed by atoms with Gasteiger partial charge in [0.2, 0.25) is 5.88 Å². The van der Waals surface area contributed by atoms with Crippen LogP contribution in [0, 0.1) is 5.82 Å². The molecular weight excluding hydrogens is 307 g/mol. The molecule has 0 fully saturated rings. The summed E-state index contributed by atoms with van der Waals surface area (Å²) in [5.41, 5.74) is 0. The van der Waals surface area contributed by atoms with Crippen molar-refractivity contribution < 1.29 is 9.13 Å². The minimum absolute atomic E-state index is 0.322. The van der Waals surface area contributed by atoms with Crippen LogP contribution >= 0.6 is 27.7 Å². The molecule has 1 aromatic heterocycles. The molecule has 6 heteroatoms. The monoisotopic (exact) mass is 314 g/mol. The highest BCUT2D eigenvalue weighted by molar-refractivity contribution is 9.10. The van der Waals surface area contributed by atoms with Crippen molar-refractivity contribution >= 4 is 27.7 Å². The summed E-state index contributed by atoms with van der Waals surface area (Å²) in [7, 11) is 0. The smallest absolute Gasteiger partial charge is 0.223 e. The molecule has 0 radical (unpaired) electrons. The summed E-state index contributed by atoms with van der Waals surface area (Å²) in [5.74, 6) is 0.616. The lowest BCUT2D eigenvalue weighted by atomic mass is 10.3. The van der Waals surface area contributed by atoms with Gasteiger partial charge in [0, 0.05) is 6.07 Å². The quantitative estimate of drug-likeness (QED) is 0.636. The van der Waals surface area contributed by atoms with Gasteiger partial charge in [0.1, 0.15) is 22.9 Å². The topological polar surface area (TPSA) is 35.0 Å². The minimum Gasteiger partial charge on any atom is -0.438 e. The van der Waals surface area contributed by atoms with Gasteiger partial charge in [-0.25, -0.2) is 14.4 Å². The van der Waals surface area contributed by atoms with Gasteiger partial charge in [-0.1, -0.05) is 0 Å². The van der Waals surface area contributed by atoms with Gasteiger partial charge in [-0.05, 0) is 40.4 Å². The predicted molar refractivity (Wildman–Crippen MR) is 68.0 cm³/mol. The number of thioether (sulfide) groups is 1. The molecule has 1 heterocycles. The number of hydrogen-bond donors (Lipinski definition) is 0. The van der Waals surface area contributed by atoms with Crippen LogP contribution in [0.3, 0.4) is 0 Å². The van der Waals surface area contributed by atoms with E-state index in [0.717, 1.165) is 5.03 Å². The van der Waals surface area contributed by atoms with Crippen LogP contribution in [0.2, 0.25) is 0 Å². The second kappa shape index (κ2) is 5.46. The van der Waals surface area contributed by atoms with Crippen molar-refractivity contribution in [2.75, 3.05) is 6.26 Å². The molecule has 0 spiro atoms. The zero-order chi connectivity index (χ0) is 12.3. The zero-order valence-corrected chi connectivity index (χ0v) is 11.3. The van der Waals surface area contributed by atoms with E-state index in [4.69, 9.17) is 4.74 Å². The van der Waals surface area contributed by atoms with Crippen molar-refractivity contribution in [3.63, 3.8) is 0 Å². The largest absolute Gasteiger partial charge is 0.438 e. The maximum atomic E-state index is 12.9. The van der Waals surface area contributed by atoms with E-state index < -0.39 is 0 Å². The second-order valence-corrected chi connectivity index (χ2v) is 4.76. The van der Waals surface area contributed by atoms with E-state index in [1.807, 2.05) is 6.26 Å². The van der Waals surface area contributed by atoms with Crippen LogP contribution in [0.1, 0.15) is 0 Å². The zero-order valence-electron chi connectivity index (χ0n) is 8.85. The summed E-state index contributed by atoms with van der Waals surface area (Å²) < 4.78 is 19.0. The van der Waals surface area contributed by atoms with Gasteiger partial charge in [-0.2, -0.15) is 0 Å². The Labute approximate surface area is 111 Å². The maximum Gasteiger partial charge on any atom is 0.223 e. The van der Waals surface area contributed by atoms with Crippen molar-refractivity contribution in [1.29, 1.82) is 0 Å². The average molecular weight is 315 g/mol. The molecule has 0 bridgehead atoms. The van der Waals surface area contributed by atoms with Crippen molar-refractivity contribution in [2.45, 2.75) is 5.03 Å². The highest BCUT2D eigenvalue weighted by atomic mass is 79.9. The summed E-state index contributed by atoms with van der Waals surface area (Å²) in [5, 5.41) is 0.813. The van der Waals surface area contributed by atoms with E-state index in [-0.39, 0.29) is 5.82 Å². The number of benzene rings is 1. The van der Waals surface area contributed by atoms with Gasteiger partial charge in [0.25, 0.3) is 0 Å². The number of ether oxygens (including phenoxy) is 1. The third-order valence-corrected chi connectivity index (χ3v) is 3.20. The molecule has 1 aromatic carbocycles. The summed E-state index contributed by atoms with van der Waals surface area (Å²) in [4.78, 5) is 8.02. The van der Waals surface area contributed by atoms with Crippen molar-refractivity contribution in [3.8, 4) is 11.6 Å². The Morgan fingerprint density at radius 3 is 2.82 bits per heavy atom.